The molecule has 7 heteroatoms. The summed E-state index contributed by atoms with van der Waals surface area (Å²) in [6.45, 7) is 2.24. The third-order valence-corrected chi connectivity index (χ3v) is 4.01. The smallest absolute Gasteiger partial charge is 0.223 e. The molecule has 90 valence electrons. The van der Waals surface area contributed by atoms with Crippen LogP contribution in [0.3, 0.4) is 0 Å². The molecule has 2 rings (SSSR count). The second-order valence-corrected chi connectivity index (χ2v) is 5.99. The lowest BCUT2D eigenvalue weighted by Crippen LogP contribution is -2.38. The molecule has 0 aromatic carbocycles. The number of hydrogen-bond acceptors (Lipinski definition) is 5. The monoisotopic (exact) mass is 245 g/mol. The quantitative estimate of drug-likeness (QED) is 0.772. The molecule has 0 N–H and O–H groups in total. The molecule has 1 aliphatic heterocycles. The highest BCUT2D eigenvalue weighted by atomic mass is 32.2. The third-order valence-electron chi connectivity index (χ3n) is 2.72. The Hall–Kier alpha value is -0.950. The molecule has 0 bridgehead atoms. The van der Waals surface area contributed by atoms with E-state index >= 15 is 0 Å². The van der Waals surface area contributed by atoms with Gasteiger partial charge in [-0.05, 0) is 12.8 Å². The standard InChI is InChI=1S/C9H15N3O3S/c1-7-10-9(11-15-7)8-5-3-4-6-12(8)16(2,13)14/h8H,3-6H2,1-2H3. The molecule has 1 aliphatic rings. The van der Waals surface area contributed by atoms with Crippen molar-refractivity contribution >= 4 is 10.0 Å². The summed E-state index contributed by atoms with van der Waals surface area (Å²) in [6, 6.07) is -0.263. The summed E-state index contributed by atoms with van der Waals surface area (Å²) in [5, 5.41) is 3.81. The fourth-order valence-electron chi connectivity index (χ4n) is 2.01. The van der Waals surface area contributed by atoms with E-state index in [1.54, 1.807) is 6.92 Å². The van der Waals surface area contributed by atoms with E-state index < -0.39 is 10.0 Å². The Morgan fingerprint density at radius 1 is 1.44 bits per heavy atom. The lowest BCUT2D eigenvalue weighted by molar-refractivity contribution is 0.241. The zero-order chi connectivity index (χ0) is 11.8. The molecule has 0 saturated carbocycles. The Morgan fingerprint density at radius 3 is 2.75 bits per heavy atom. The minimum Gasteiger partial charge on any atom is -0.340 e. The van der Waals surface area contributed by atoms with Crippen molar-refractivity contribution in [3.8, 4) is 0 Å². The minimum atomic E-state index is -3.20. The summed E-state index contributed by atoms with van der Waals surface area (Å²) in [6.07, 6.45) is 3.86. The van der Waals surface area contributed by atoms with Gasteiger partial charge in [0.1, 0.15) is 0 Å². The zero-order valence-electron chi connectivity index (χ0n) is 9.38. The van der Waals surface area contributed by atoms with Crippen LogP contribution in [0, 0.1) is 6.92 Å². The van der Waals surface area contributed by atoms with Crippen molar-refractivity contribution in [2.45, 2.75) is 32.2 Å². The Morgan fingerprint density at radius 2 is 2.19 bits per heavy atom. The molecule has 1 atom stereocenters. The van der Waals surface area contributed by atoms with Crippen molar-refractivity contribution in [2.24, 2.45) is 0 Å². The topological polar surface area (TPSA) is 76.3 Å². The molecule has 0 amide bonds. The first-order chi connectivity index (χ1) is 7.48. The predicted octanol–water partition coefficient (Wildman–Crippen LogP) is 0.865. The largest absolute Gasteiger partial charge is 0.340 e. The first-order valence-corrected chi connectivity index (χ1v) is 7.10. The highest BCUT2D eigenvalue weighted by Crippen LogP contribution is 2.30. The molecular weight excluding hydrogens is 230 g/mol. The van der Waals surface area contributed by atoms with E-state index in [4.69, 9.17) is 4.52 Å². The van der Waals surface area contributed by atoms with Crippen LogP contribution >= 0.6 is 0 Å². The maximum Gasteiger partial charge on any atom is 0.223 e. The number of aromatic nitrogens is 2. The van der Waals surface area contributed by atoms with Gasteiger partial charge in [0.05, 0.1) is 12.3 Å². The van der Waals surface area contributed by atoms with E-state index in [1.807, 2.05) is 0 Å². The van der Waals surface area contributed by atoms with Gasteiger partial charge in [0, 0.05) is 13.5 Å². The van der Waals surface area contributed by atoms with E-state index in [-0.39, 0.29) is 6.04 Å². The van der Waals surface area contributed by atoms with Gasteiger partial charge in [0.15, 0.2) is 5.82 Å². The van der Waals surface area contributed by atoms with Gasteiger partial charge in [-0.15, -0.1) is 0 Å². The second-order valence-electron chi connectivity index (χ2n) is 4.06. The number of rotatable bonds is 2. The van der Waals surface area contributed by atoms with Gasteiger partial charge in [-0.2, -0.15) is 9.29 Å². The third kappa shape index (κ3) is 2.25. The summed E-state index contributed by atoms with van der Waals surface area (Å²) in [5.74, 6) is 0.941. The summed E-state index contributed by atoms with van der Waals surface area (Å²) in [5.41, 5.74) is 0. The first-order valence-electron chi connectivity index (χ1n) is 5.25. The van der Waals surface area contributed by atoms with Crippen LogP contribution in [0.25, 0.3) is 0 Å². The number of aryl methyl sites for hydroxylation is 1. The maximum atomic E-state index is 11.6. The molecule has 1 unspecified atom stereocenters. The van der Waals surface area contributed by atoms with E-state index in [1.165, 1.54) is 10.6 Å². The summed E-state index contributed by atoms with van der Waals surface area (Å²) < 4.78 is 29.6. The Kier molecular flexibility index (Phi) is 2.98. The molecule has 0 spiro atoms. The van der Waals surface area contributed by atoms with E-state index in [9.17, 15) is 8.42 Å². The SMILES string of the molecule is Cc1nc(C2CCCCN2S(C)(=O)=O)no1. The summed E-state index contributed by atoms with van der Waals surface area (Å²) in [4.78, 5) is 4.11. The average molecular weight is 245 g/mol. The highest BCUT2D eigenvalue weighted by molar-refractivity contribution is 7.88. The van der Waals surface area contributed by atoms with Gasteiger partial charge in [-0.3, -0.25) is 0 Å². The van der Waals surface area contributed by atoms with E-state index in [0.717, 1.165) is 19.3 Å². The molecule has 1 aromatic heterocycles. The van der Waals surface area contributed by atoms with Crippen molar-refractivity contribution in [1.29, 1.82) is 0 Å². The van der Waals surface area contributed by atoms with Gasteiger partial charge < -0.3 is 4.52 Å². The fourth-order valence-corrected chi connectivity index (χ4v) is 3.13. The molecule has 0 radical (unpaired) electrons. The molecular formula is C9H15N3O3S. The molecule has 6 nitrogen and oxygen atoms in total. The highest BCUT2D eigenvalue weighted by Gasteiger charge is 2.33. The lowest BCUT2D eigenvalue weighted by atomic mass is 10.0. The summed E-state index contributed by atoms with van der Waals surface area (Å²) >= 11 is 0. The average Bonchev–Trinajstić information content (AvgIpc) is 2.64. The minimum absolute atomic E-state index is 0.263. The lowest BCUT2D eigenvalue weighted by Gasteiger charge is -2.31. The molecule has 0 aliphatic carbocycles. The fraction of sp³-hybridized carbons (Fsp3) is 0.778. The van der Waals surface area contributed by atoms with Crippen LogP contribution in [0.4, 0.5) is 0 Å². The predicted molar refractivity (Wildman–Crippen MR) is 57.2 cm³/mol. The maximum absolute atomic E-state index is 11.6. The van der Waals surface area contributed by atoms with Gasteiger partial charge >= 0.3 is 0 Å². The van der Waals surface area contributed by atoms with Gasteiger partial charge in [-0.25, -0.2) is 8.42 Å². The molecule has 1 aromatic rings. The van der Waals surface area contributed by atoms with Crippen LogP contribution < -0.4 is 0 Å². The number of nitrogens with zero attached hydrogens (tertiary/aromatic N) is 3. The summed E-state index contributed by atoms with van der Waals surface area (Å²) in [7, 11) is -3.20. The molecule has 16 heavy (non-hydrogen) atoms. The van der Waals surface area contributed by atoms with Crippen molar-refractivity contribution in [1.82, 2.24) is 14.4 Å². The number of hydrogen-bond donors (Lipinski definition) is 0. The van der Waals surface area contributed by atoms with Crippen LogP contribution in [0.1, 0.15) is 37.0 Å². The van der Waals surface area contributed by atoms with Crippen molar-refractivity contribution in [3.63, 3.8) is 0 Å². The van der Waals surface area contributed by atoms with E-state index in [2.05, 4.69) is 10.1 Å². The van der Waals surface area contributed by atoms with Crippen LogP contribution in [0.5, 0.6) is 0 Å². The zero-order valence-corrected chi connectivity index (χ0v) is 10.2. The Labute approximate surface area is 94.7 Å². The van der Waals surface area contributed by atoms with Gasteiger partial charge in [-0.1, -0.05) is 11.6 Å². The van der Waals surface area contributed by atoms with Gasteiger partial charge in [0.25, 0.3) is 0 Å². The van der Waals surface area contributed by atoms with Crippen LogP contribution in [0.2, 0.25) is 0 Å². The van der Waals surface area contributed by atoms with E-state index in [0.29, 0.717) is 18.3 Å². The first kappa shape index (κ1) is 11.5. The van der Waals surface area contributed by atoms with Crippen LogP contribution in [-0.2, 0) is 10.0 Å². The second kappa shape index (κ2) is 4.14. The molecule has 1 fully saturated rings. The Bertz CT molecular complexity index is 468. The normalized spacial score (nSPS) is 23.5. The molecule has 2 heterocycles. The van der Waals surface area contributed by atoms with Crippen LogP contribution in [0.15, 0.2) is 4.52 Å². The van der Waals surface area contributed by atoms with Gasteiger partial charge in [0.2, 0.25) is 15.9 Å². The van der Waals surface area contributed by atoms with Crippen molar-refractivity contribution < 1.29 is 12.9 Å². The van der Waals surface area contributed by atoms with Crippen LogP contribution in [-0.4, -0.2) is 35.7 Å². The van der Waals surface area contributed by atoms with Crippen molar-refractivity contribution in [2.75, 3.05) is 12.8 Å². The Balaban J connectivity index is 2.30. The number of sulfonamides is 1. The molecule has 1 saturated heterocycles. The number of piperidine rings is 1. The van der Waals surface area contributed by atoms with Crippen molar-refractivity contribution in [3.05, 3.63) is 11.7 Å².